The van der Waals surface area contributed by atoms with Crippen LogP contribution >= 0.6 is 0 Å². The Morgan fingerprint density at radius 2 is 1.47 bits per heavy atom. The average Bonchev–Trinajstić information content (AvgIpc) is 2.76. The maximum Gasteiger partial charge on any atom is 0.317 e. The lowest BCUT2D eigenvalue weighted by atomic mass is 10.0. The van der Waals surface area contributed by atoms with Crippen molar-refractivity contribution in [1.29, 1.82) is 0 Å². The van der Waals surface area contributed by atoms with Gasteiger partial charge >= 0.3 is 6.03 Å². The Bertz CT molecular complexity index is 809. The van der Waals surface area contributed by atoms with Crippen molar-refractivity contribution in [3.8, 4) is 0 Å². The molecule has 2 aliphatic rings. The summed E-state index contributed by atoms with van der Waals surface area (Å²) in [6.07, 6.45) is 2.07. The molecule has 0 saturated carbocycles. The zero-order valence-corrected chi connectivity index (χ0v) is 18.1. The number of nitrogens with zero attached hydrogens (tertiary/aromatic N) is 3. The minimum atomic E-state index is 0.117. The molecule has 0 unspecified atom stereocenters. The van der Waals surface area contributed by atoms with Crippen LogP contribution < -0.4 is 5.32 Å². The molecule has 0 aliphatic carbocycles. The van der Waals surface area contributed by atoms with E-state index in [2.05, 4.69) is 76.6 Å². The predicted octanol–water partition coefficient (Wildman–Crippen LogP) is 3.49. The molecule has 0 spiro atoms. The smallest absolute Gasteiger partial charge is 0.317 e. The second-order valence-electron chi connectivity index (χ2n) is 8.74. The summed E-state index contributed by atoms with van der Waals surface area (Å²) in [6, 6.07) is 19.7. The molecule has 1 N–H and O–H groups in total. The first kappa shape index (κ1) is 20.9. The standard InChI is InChI=1S/C25H34N4O/c1-21-6-5-9-23(18-21)20-27-12-10-24(11-13-27)26-25(30)29-16-14-28(15-17-29)19-22-7-3-2-4-8-22/h2-9,18,24H,10-17,19-20H2,1H3,(H,26,30). The van der Waals surface area contributed by atoms with E-state index in [0.29, 0.717) is 6.04 Å². The van der Waals surface area contributed by atoms with Gasteiger partial charge in [-0.2, -0.15) is 0 Å². The summed E-state index contributed by atoms with van der Waals surface area (Å²) in [7, 11) is 0. The summed E-state index contributed by atoms with van der Waals surface area (Å²) < 4.78 is 0. The number of amides is 2. The first-order chi connectivity index (χ1) is 14.7. The maximum absolute atomic E-state index is 12.7. The molecule has 2 heterocycles. The second-order valence-corrected chi connectivity index (χ2v) is 8.74. The lowest BCUT2D eigenvalue weighted by Gasteiger charge is -2.37. The van der Waals surface area contributed by atoms with Crippen LogP contribution in [-0.2, 0) is 13.1 Å². The molecule has 5 heteroatoms. The Hall–Kier alpha value is -2.37. The fourth-order valence-corrected chi connectivity index (χ4v) is 4.52. The van der Waals surface area contributed by atoms with E-state index in [9.17, 15) is 4.79 Å². The molecule has 160 valence electrons. The van der Waals surface area contributed by atoms with Crippen LogP contribution in [0.5, 0.6) is 0 Å². The zero-order chi connectivity index (χ0) is 20.8. The number of rotatable bonds is 5. The molecular formula is C25H34N4O. The first-order valence-electron chi connectivity index (χ1n) is 11.3. The number of hydrogen-bond acceptors (Lipinski definition) is 3. The van der Waals surface area contributed by atoms with Crippen LogP contribution in [-0.4, -0.2) is 66.0 Å². The maximum atomic E-state index is 12.7. The summed E-state index contributed by atoms with van der Waals surface area (Å²) in [4.78, 5) is 19.6. The molecule has 2 aliphatic heterocycles. The Kier molecular flexibility index (Phi) is 7.03. The van der Waals surface area contributed by atoms with Gasteiger partial charge in [-0.15, -0.1) is 0 Å². The molecule has 2 fully saturated rings. The third kappa shape index (κ3) is 5.83. The summed E-state index contributed by atoms with van der Waals surface area (Å²) >= 11 is 0. The van der Waals surface area contributed by atoms with E-state index in [1.165, 1.54) is 16.7 Å². The molecule has 0 aromatic heterocycles. The van der Waals surface area contributed by atoms with E-state index in [1.54, 1.807) is 0 Å². The van der Waals surface area contributed by atoms with Gasteiger partial charge in [-0.05, 0) is 30.9 Å². The highest BCUT2D eigenvalue weighted by Crippen LogP contribution is 2.16. The third-order valence-electron chi connectivity index (χ3n) is 6.31. The largest absolute Gasteiger partial charge is 0.335 e. The number of piperidine rings is 1. The number of benzene rings is 2. The van der Waals surface area contributed by atoms with Crippen LogP contribution in [0.3, 0.4) is 0 Å². The van der Waals surface area contributed by atoms with Crippen molar-refractivity contribution in [2.24, 2.45) is 0 Å². The summed E-state index contributed by atoms with van der Waals surface area (Å²) in [5.41, 5.74) is 4.04. The number of carbonyl (C=O) groups excluding carboxylic acids is 1. The van der Waals surface area contributed by atoms with Gasteiger partial charge in [-0.3, -0.25) is 9.80 Å². The summed E-state index contributed by atoms with van der Waals surface area (Å²) in [5, 5.41) is 3.29. The predicted molar refractivity (Wildman–Crippen MR) is 121 cm³/mol. The van der Waals surface area contributed by atoms with Gasteiger partial charge < -0.3 is 10.2 Å². The van der Waals surface area contributed by atoms with Gasteiger partial charge in [-0.1, -0.05) is 60.2 Å². The minimum Gasteiger partial charge on any atom is -0.335 e. The Morgan fingerprint density at radius 3 is 2.17 bits per heavy atom. The molecule has 0 bridgehead atoms. The van der Waals surface area contributed by atoms with Crippen LogP contribution in [0.15, 0.2) is 54.6 Å². The van der Waals surface area contributed by atoms with Crippen molar-refractivity contribution in [2.75, 3.05) is 39.3 Å². The van der Waals surface area contributed by atoms with Crippen LogP contribution in [0, 0.1) is 6.92 Å². The van der Waals surface area contributed by atoms with Crippen molar-refractivity contribution in [2.45, 2.75) is 38.9 Å². The van der Waals surface area contributed by atoms with Crippen LogP contribution in [0.4, 0.5) is 4.79 Å². The van der Waals surface area contributed by atoms with Gasteiger partial charge in [0, 0.05) is 58.4 Å². The highest BCUT2D eigenvalue weighted by molar-refractivity contribution is 5.74. The van der Waals surface area contributed by atoms with Gasteiger partial charge in [0.2, 0.25) is 0 Å². The number of nitrogens with one attached hydrogen (secondary N) is 1. The van der Waals surface area contributed by atoms with Crippen molar-refractivity contribution >= 4 is 6.03 Å². The second kappa shape index (κ2) is 10.1. The SMILES string of the molecule is Cc1cccc(CN2CCC(NC(=O)N3CCN(Cc4ccccc4)CC3)CC2)c1. The molecule has 4 rings (SSSR count). The van der Waals surface area contributed by atoms with Gasteiger partial charge in [0.15, 0.2) is 0 Å². The lowest BCUT2D eigenvalue weighted by molar-refractivity contribution is 0.127. The lowest BCUT2D eigenvalue weighted by Crippen LogP contribution is -2.54. The summed E-state index contributed by atoms with van der Waals surface area (Å²) in [5.74, 6) is 0. The number of aryl methyl sites for hydroxylation is 1. The van der Waals surface area contributed by atoms with E-state index in [4.69, 9.17) is 0 Å². The molecule has 0 atom stereocenters. The normalized spacial score (nSPS) is 19.0. The minimum absolute atomic E-state index is 0.117. The molecule has 2 aromatic rings. The number of hydrogen-bond donors (Lipinski definition) is 1. The molecule has 30 heavy (non-hydrogen) atoms. The average molecular weight is 407 g/mol. The van der Waals surface area contributed by atoms with E-state index in [1.807, 2.05) is 4.90 Å². The molecular weight excluding hydrogens is 372 g/mol. The van der Waals surface area contributed by atoms with E-state index < -0.39 is 0 Å². The number of urea groups is 1. The van der Waals surface area contributed by atoms with Crippen molar-refractivity contribution in [3.05, 3.63) is 71.3 Å². The first-order valence-corrected chi connectivity index (χ1v) is 11.3. The van der Waals surface area contributed by atoms with Crippen molar-refractivity contribution < 1.29 is 4.79 Å². The highest BCUT2D eigenvalue weighted by Gasteiger charge is 2.25. The molecule has 2 saturated heterocycles. The number of piperazine rings is 1. The molecule has 5 nitrogen and oxygen atoms in total. The van der Waals surface area contributed by atoms with E-state index in [-0.39, 0.29) is 6.03 Å². The van der Waals surface area contributed by atoms with E-state index in [0.717, 1.165) is 65.2 Å². The zero-order valence-electron chi connectivity index (χ0n) is 18.1. The van der Waals surface area contributed by atoms with Gasteiger partial charge in [0.1, 0.15) is 0 Å². The fraction of sp³-hybridized carbons (Fsp3) is 0.480. The summed E-state index contributed by atoms with van der Waals surface area (Å²) in [6.45, 7) is 9.71. The van der Waals surface area contributed by atoms with Crippen molar-refractivity contribution in [3.63, 3.8) is 0 Å². The third-order valence-corrected chi connectivity index (χ3v) is 6.31. The van der Waals surface area contributed by atoms with Crippen LogP contribution in [0.1, 0.15) is 29.5 Å². The Labute approximate surface area is 180 Å². The highest BCUT2D eigenvalue weighted by atomic mass is 16.2. The Balaban J connectivity index is 1.16. The monoisotopic (exact) mass is 406 g/mol. The van der Waals surface area contributed by atoms with E-state index >= 15 is 0 Å². The van der Waals surface area contributed by atoms with Gasteiger partial charge in [0.25, 0.3) is 0 Å². The Morgan fingerprint density at radius 1 is 0.833 bits per heavy atom. The van der Waals surface area contributed by atoms with Crippen molar-refractivity contribution in [1.82, 2.24) is 20.0 Å². The number of likely N-dealkylation sites (tertiary alicyclic amines) is 1. The van der Waals surface area contributed by atoms with Crippen LogP contribution in [0.2, 0.25) is 0 Å². The molecule has 0 radical (unpaired) electrons. The van der Waals surface area contributed by atoms with Gasteiger partial charge in [0.05, 0.1) is 0 Å². The fourth-order valence-electron chi connectivity index (χ4n) is 4.52. The quantitative estimate of drug-likeness (QED) is 0.826. The molecule has 2 aromatic carbocycles. The molecule has 2 amide bonds. The van der Waals surface area contributed by atoms with Gasteiger partial charge in [-0.25, -0.2) is 4.79 Å². The van der Waals surface area contributed by atoms with Crippen LogP contribution in [0.25, 0.3) is 0 Å². The topological polar surface area (TPSA) is 38.8 Å². The number of carbonyl (C=O) groups is 1.